The number of carbonyl (C=O) groups excluding carboxylic acids is 1. The van der Waals surface area contributed by atoms with Gasteiger partial charge in [-0.1, -0.05) is 6.07 Å². The third kappa shape index (κ3) is 1.82. The molecule has 0 unspecified atom stereocenters. The normalized spacial score (nSPS) is 10.4. The van der Waals surface area contributed by atoms with Crippen LogP contribution in [0.5, 0.6) is 0 Å². The van der Waals surface area contributed by atoms with E-state index < -0.39 is 0 Å². The molecule has 3 aromatic rings. The molecule has 1 amide bonds. The first-order chi connectivity index (χ1) is 8.84. The zero-order valence-electron chi connectivity index (χ0n) is 9.42. The molecule has 0 aliphatic heterocycles. The Bertz CT molecular complexity index is 686. The number of carbonyl (C=O) groups is 1. The van der Waals surface area contributed by atoms with Gasteiger partial charge in [0.25, 0.3) is 5.91 Å². The first-order valence-electron chi connectivity index (χ1n) is 5.48. The summed E-state index contributed by atoms with van der Waals surface area (Å²) >= 11 is 0. The molecule has 0 saturated carbocycles. The Hall–Kier alpha value is -2.69. The quantitative estimate of drug-likeness (QED) is 0.719. The Morgan fingerprint density at radius 1 is 1.22 bits per heavy atom. The standard InChI is InChI=1S/C13H10N4O/c18-13(9-7-15-16-8-9)17-12-5-1-4-11-10(12)3-2-6-14-11/h1-8H,(H,15,16)(H,17,18). The van der Waals surface area contributed by atoms with Crippen LogP contribution in [0.25, 0.3) is 10.9 Å². The number of pyridine rings is 1. The van der Waals surface area contributed by atoms with Crippen molar-refractivity contribution in [1.82, 2.24) is 15.2 Å². The third-order valence-electron chi connectivity index (χ3n) is 2.65. The van der Waals surface area contributed by atoms with Crippen LogP contribution in [0.3, 0.4) is 0 Å². The van der Waals surface area contributed by atoms with Crippen LogP contribution >= 0.6 is 0 Å². The van der Waals surface area contributed by atoms with Crippen LogP contribution in [0, 0.1) is 0 Å². The first kappa shape index (κ1) is 10.5. The second-order valence-corrected chi connectivity index (χ2v) is 3.82. The summed E-state index contributed by atoms with van der Waals surface area (Å²) in [7, 11) is 0. The highest BCUT2D eigenvalue weighted by Gasteiger charge is 2.08. The Morgan fingerprint density at radius 2 is 2.17 bits per heavy atom. The van der Waals surface area contributed by atoms with Gasteiger partial charge in [0, 0.05) is 17.8 Å². The summed E-state index contributed by atoms with van der Waals surface area (Å²) in [4.78, 5) is 16.2. The minimum Gasteiger partial charge on any atom is -0.321 e. The van der Waals surface area contributed by atoms with Gasteiger partial charge in [-0.05, 0) is 24.3 Å². The third-order valence-corrected chi connectivity index (χ3v) is 2.65. The average molecular weight is 238 g/mol. The predicted molar refractivity (Wildman–Crippen MR) is 68.3 cm³/mol. The number of H-pyrrole nitrogens is 1. The van der Waals surface area contributed by atoms with Crippen LogP contribution in [-0.2, 0) is 0 Å². The van der Waals surface area contributed by atoms with Crippen LogP contribution in [-0.4, -0.2) is 21.1 Å². The largest absolute Gasteiger partial charge is 0.321 e. The molecule has 0 aliphatic carbocycles. The minimum absolute atomic E-state index is 0.194. The lowest BCUT2D eigenvalue weighted by Gasteiger charge is -2.06. The van der Waals surface area contributed by atoms with Crippen molar-refractivity contribution in [3.63, 3.8) is 0 Å². The van der Waals surface area contributed by atoms with Crippen molar-refractivity contribution in [2.24, 2.45) is 0 Å². The molecule has 0 spiro atoms. The van der Waals surface area contributed by atoms with Crippen molar-refractivity contribution in [3.8, 4) is 0 Å². The highest BCUT2D eigenvalue weighted by atomic mass is 16.1. The zero-order valence-corrected chi connectivity index (χ0v) is 9.42. The molecule has 0 aliphatic rings. The number of amides is 1. The number of hydrogen-bond acceptors (Lipinski definition) is 3. The van der Waals surface area contributed by atoms with Crippen molar-refractivity contribution in [2.45, 2.75) is 0 Å². The fourth-order valence-electron chi connectivity index (χ4n) is 1.78. The zero-order chi connectivity index (χ0) is 12.4. The van der Waals surface area contributed by atoms with Crippen LogP contribution in [0.1, 0.15) is 10.4 Å². The van der Waals surface area contributed by atoms with Gasteiger partial charge in [-0.2, -0.15) is 5.10 Å². The molecule has 2 aromatic heterocycles. The SMILES string of the molecule is O=C(Nc1cccc2ncccc12)c1cn[nH]c1. The van der Waals surface area contributed by atoms with E-state index in [9.17, 15) is 4.79 Å². The second-order valence-electron chi connectivity index (χ2n) is 3.82. The van der Waals surface area contributed by atoms with E-state index >= 15 is 0 Å². The van der Waals surface area contributed by atoms with E-state index in [1.165, 1.54) is 6.20 Å². The van der Waals surface area contributed by atoms with Crippen LogP contribution in [0.2, 0.25) is 0 Å². The molecule has 18 heavy (non-hydrogen) atoms. The lowest BCUT2D eigenvalue weighted by atomic mass is 10.2. The lowest BCUT2D eigenvalue weighted by Crippen LogP contribution is -2.11. The number of anilines is 1. The number of fused-ring (bicyclic) bond motifs is 1. The van der Waals surface area contributed by atoms with Crippen LogP contribution < -0.4 is 5.32 Å². The molecular weight excluding hydrogens is 228 g/mol. The van der Waals surface area contributed by atoms with E-state index in [1.54, 1.807) is 12.4 Å². The number of rotatable bonds is 2. The topological polar surface area (TPSA) is 70.7 Å². The van der Waals surface area contributed by atoms with Crippen molar-refractivity contribution in [1.29, 1.82) is 0 Å². The molecule has 0 fully saturated rings. The number of aromatic amines is 1. The highest BCUT2D eigenvalue weighted by molar-refractivity contribution is 6.08. The Morgan fingerprint density at radius 3 is 3.00 bits per heavy atom. The first-order valence-corrected chi connectivity index (χ1v) is 5.48. The van der Waals surface area contributed by atoms with E-state index in [2.05, 4.69) is 20.5 Å². The molecule has 0 atom stereocenters. The van der Waals surface area contributed by atoms with Crippen LogP contribution in [0.4, 0.5) is 5.69 Å². The van der Waals surface area contributed by atoms with Gasteiger partial charge in [0.2, 0.25) is 0 Å². The highest BCUT2D eigenvalue weighted by Crippen LogP contribution is 2.21. The fourth-order valence-corrected chi connectivity index (χ4v) is 1.78. The van der Waals surface area contributed by atoms with Gasteiger partial charge < -0.3 is 5.32 Å². The summed E-state index contributed by atoms with van der Waals surface area (Å²) in [5.74, 6) is -0.194. The second kappa shape index (κ2) is 4.29. The van der Waals surface area contributed by atoms with Gasteiger partial charge in [0.05, 0.1) is 23.0 Å². The van der Waals surface area contributed by atoms with E-state index in [4.69, 9.17) is 0 Å². The monoisotopic (exact) mass is 238 g/mol. The van der Waals surface area contributed by atoms with Gasteiger partial charge >= 0.3 is 0 Å². The lowest BCUT2D eigenvalue weighted by molar-refractivity contribution is 0.102. The van der Waals surface area contributed by atoms with Crippen LogP contribution in [0.15, 0.2) is 48.9 Å². The number of nitrogens with zero attached hydrogens (tertiary/aromatic N) is 2. The maximum absolute atomic E-state index is 11.9. The molecule has 5 heteroatoms. The number of benzene rings is 1. The number of hydrogen-bond donors (Lipinski definition) is 2. The van der Waals surface area contributed by atoms with Gasteiger partial charge in [-0.15, -0.1) is 0 Å². The summed E-state index contributed by atoms with van der Waals surface area (Å²) in [5.41, 5.74) is 2.09. The maximum atomic E-state index is 11.9. The molecule has 88 valence electrons. The molecule has 2 heterocycles. The molecule has 0 saturated heterocycles. The van der Waals surface area contributed by atoms with E-state index in [0.717, 1.165) is 16.6 Å². The Labute approximate surface area is 103 Å². The smallest absolute Gasteiger partial charge is 0.258 e. The molecule has 0 bridgehead atoms. The fraction of sp³-hybridized carbons (Fsp3) is 0. The van der Waals surface area contributed by atoms with E-state index in [1.807, 2.05) is 30.3 Å². The summed E-state index contributed by atoms with van der Waals surface area (Å²) in [6, 6.07) is 9.38. The number of aromatic nitrogens is 3. The average Bonchev–Trinajstić information content (AvgIpc) is 2.93. The van der Waals surface area contributed by atoms with Gasteiger partial charge in [-0.25, -0.2) is 0 Å². The Balaban J connectivity index is 1.98. The molecule has 3 rings (SSSR count). The molecule has 0 radical (unpaired) electrons. The molecule has 5 nitrogen and oxygen atoms in total. The summed E-state index contributed by atoms with van der Waals surface area (Å²) in [5, 5.41) is 10.1. The maximum Gasteiger partial charge on any atom is 0.258 e. The van der Waals surface area contributed by atoms with Crippen molar-refractivity contribution in [2.75, 3.05) is 5.32 Å². The molecule has 1 aromatic carbocycles. The summed E-state index contributed by atoms with van der Waals surface area (Å²) in [6.07, 6.45) is 4.77. The van der Waals surface area contributed by atoms with E-state index in [-0.39, 0.29) is 5.91 Å². The van der Waals surface area contributed by atoms with Crippen molar-refractivity contribution in [3.05, 3.63) is 54.5 Å². The van der Waals surface area contributed by atoms with Crippen molar-refractivity contribution >= 4 is 22.5 Å². The minimum atomic E-state index is -0.194. The summed E-state index contributed by atoms with van der Waals surface area (Å²) < 4.78 is 0. The molecule has 2 N–H and O–H groups in total. The molecular formula is C13H10N4O. The van der Waals surface area contributed by atoms with E-state index in [0.29, 0.717) is 5.56 Å². The summed E-state index contributed by atoms with van der Waals surface area (Å²) in [6.45, 7) is 0. The predicted octanol–water partition coefficient (Wildman–Crippen LogP) is 2.21. The van der Waals surface area contributed by atoms with Gasteiger partial charge in [-0.3, -0.25) is 14.9 Å². The van der Waals surface area contributed by atoms with Gasteiger partial charge in [0.1, 0.15) is 0 Å². The number of nitrogens with one attached hydrogen (secondary N) is 2. The van der Waals surface area contributed by atoms with Crippen molar-refractivity contribution < 1.29 is 4.79 Å². The Kier molecular flexibility index (Phi) is 2.49. The van der Waals surface area contributed by atoms with Gasteiger partial charge in [0.15, 0.2) is 0 Å².